The van der Waals surface area contributed by atoms with Crippen molar-refractivity contribution >= 4 is 17.7 Å². The van der Waals surface area contributed by atoms with Crippen molar-refractivity contribution in [1.29, 1.82) is 0 Å². The van der Waals surface area contributed by atoms with E-state index in [1.807, 2.05) is 26.8 Å². The van der Waals surface area contributed by atoms with Gasteiger partial charge in [0.25, 0.3) is 0 Å². The first-order valence-corrected chi connectivity index (χ1v) is 17.4. The van der Waals surface area contributed by atoms with Crippen LogP contribution in [0.3, 0.4) is 0 Å². The van der Waals surface area contributed by atoms with Crippen LogP contribution >= 0.6 is 0 Å². The summed E-state index contributed by atoms with van der Waals surface area (Å²) in [6.45, 7) is 10.8. The van der Waals surface area contributed by atoms with Crippen LogP contribution in [0.5, 0.6) is 0 Å². The molecular formula is C36H54O12. The van der Waals surface area contributed by atoms with E-state index in [2.05, 4.69) is 0 Å². The molecule has 4 N–H and O–H groups in total. The SMILES string of the molecule is COC(=O)/C=C1\CC2O[C@@](O)(C1)[C@H](C)C(=O)O[C@H]1C[C@@H](C=C(C)C)O[C@@H](CC3(O)O[C@H](CC[C@H]2O)[C@H](C)[C@]2(O)CC[C@@H](C)C(=O)C32)[C@H]1C. The topological polar surface area (TPSA) is 178 Å². The number of methoxy groups -OCH3 is 1. The summed E-state index contributed by atoms with van der Waals surface area (Å²) in [6, 6.07) is 0. The average molecular weight is 679 g/mol. The van der Waals surface area contributed by atoms with Crippen molar-refractivity contribution in [1.82, 2.24) is 0 Å². The summed E-state index contributed by atoms with van der Waals surface area (Å²) in [6.07, 6.45) is -0.695. The summed E-state index contributed by atoms with van der Waals surface area (Å²) in [4.78, 5) is 39.8. The molecule has 0 amide bonds. The lowest BCUT2D eigenvalue weighted by Gasteiger charge is -2.58. The van der Waals surface area contributed by atoms with Gasteiger partial charge in [-0.05, 0) is 52.9 Å². The van der Waals surface area contributed by atoms with E-state index < -0.39 is 89.4 Å². The Hall–Kier alpha value is -2.19. The number of hydrogen-bond acceptors (Lipinski definition) is 12. The van der Waals surface area contributed by atoms with Crippen LogP contribution in [0, 0.1) is 29.6 Å². The van der Waals surface area contributed by atoms with E-state index >= 15 is 0 Å². The Labute approximate surface area is 282 Å². The summed E-state index contributed by atoms with van der Waals surface area (Å²) >= 11 is 0. The molecule has 4 heterocycles. The molecule has 5 aliphatic rings. The van der Waals surface area contributed by atoms with Crippen LogP contribution in [0.1, 0.15) is 92.9 Å². The Morgan fingerprint density at radius 2 is 1.62 bits per heavy atom. The minimum atomic E-state index is -2.11. The largest absolute Gasteiger partial charge is 0.466 e. The van der Waals surface area contributed by atoms with Gasteiger partial charge in [-0.2, -0.15) is 0 Å². The van der Waals surface area contributed by atoms with Gasteiger partial charge in [0, 0.05) is 43.1 Å². The van der Waals surface area contributed by atoms with E-state index in [1.165, 1.54) is 20.1 Å². The molecule has 0 aromatic heterocycles. The van der Waals surface area contributed by atoms with Gasteiger partial charge in [-0.1, -0.05) is 38.0 Å². The third kappa shape index (κ3) is 7.04. The first-order chi connectivity index (χ1) is 22.4. The highest BCUT2D eigenvalue weighted by Crippen LogP contribution is 2.54. The number of ether oxygens (including phenoxy) is 5. The minimum Gasteiger partial charge on any atom is -0.466 e. The van der Waals surface area contributed by atoms with Gasteiger partial charge < -0.3 is 44.1 Å². The van der Waals surface area contributed by atoms with Gasteiger partial charge in [0.1, 0.15) is 23.7 Å². The number of carbonyl (C=O) groups excluding carboxylic acids is 3. The summed E-state index contributed by atoms with van der Waals surface area (Å²) in [5.74, 6) is -9.72. The zero-order valence-electron chi connectivity index (χ0n) is 29.2. The normalized spacial score (nSPS) is 47.8. The molecule has 3 unspecified atom stereocenters. The molecule has 270 valence electrons. The van der Waals surface area contributed by atoms with E-state index in [4.69, 9.17) is 23.7 Å². The number of rotatable bonds is 2. The van der Waals surface area contributed by atoms with Crippen molar-refractivity contribution in [2.75, 3.05) is 7.11 Å². The first kappa shape index (κ1) is 37.1. The van der Waals surface area contributed by atoms with E-state index in [-0.39, 0.29) is 50.2 Å². The predicted octanol–water partition coefficient (Wildman–Crippen LogP) is 2.88. The Balaban J connectivity index is 1.59. The molecule has 4 aliphatic heterocycles. The summed E-state index contributed by atoms with van der Waals surface area (Å²) in [5.41, 5.74) is -0.165. The molecule has 12 heteroatoms. The summed E-state index contributed by atoms with van der Waals surface area (Å²) in [5, 5.41) is 48.0. The third-order valence-electron chi connectivity index (χ3n) is 11.7. The molecule has 0 spiro atoms. The number of Topliss-reactive ketones (excluding diaryl/α,β-unsaturated/α-hetero) is 1. The molecular weight excluding hydrogens is 624 g/mol. The molecule has 0 radical (unpaired) electrons. The van der Waals surface area contributed by atoms with Gasteiger partial charge in [-0.3, -0.25) is 9.59 Å². The second-order valence-corrected chi connectivity index (χ2v) is 15.4. The molecule has 0 aromatic rings. The zero-order valence-corrected chi connectivity index (χ0v) is 29.2. The molecule has 1 saturated carbocycles. The first-order valence-electron chi connectivity index (χ1n) is 17.4. The molecule has 1 aliphatic carbocycles. The van der Waals surface area contributed by atoms with Gasteiger partial charge >= 0.3 is 11.9 Å². The second-order valence-electron chi connectivity index (χ2n) is 15.4. The van der Waals surface area contributed by atoms with Crippen LogP contribution < -0.4 is 0 Å². The van der Waals surface area contributed by atoms with Gasteiger partial charge in [0.15, 0.2) is 11.6 Å². The van der Waals surface area contributed by atoms with Gasteiger partial charge in [-0.15, -0.1) is 0 Å². The van der Waals surface area contributed by atoms with Crippen molar-refractivity contribution in [3.8, 4) is 0 Å². The number of aliphatic hydroxyl groups excluding tert-OH is 1. The number of hydrogen-bond donors (Lipinski definition) is 4. The summed E-state index contributed by atoms with van der Waals surface area (Å²) < 4.78 is 30.0. The monoisotopic (exact) mass is 678 g/mol. The highest BCUT2D eigenvalue weighted by molar-refractivity contribution is 5.86. The Morgan fingerprint density at radius 3 is 2.29 bits per heavy atom. The molecule has 6 bridgehead atoms. The molecule has 4 saturated heterocycles. The van der Waals surface area contributed by atoms with Crippen molar-refractivity contribution in [3.63, 3.8) is 0 Å². The highest BCUT2D eigenvalue weighted by atomic mass is 16.6. The predicted molar refractivity (Wildman–Crippen MR) is 171 cm³/mol. The van der Waals surface area contributed by atoms with Crippen molar-refractivity contribution in [2.24, 2.45) is 29.6 Å². The maximum Gasteiger partial charge on any atom is 0.330 e. The Bertz CT molecular complexity index is 1310. The number of esters is 2. The lowest BCUT2D eigenvalue weighted by molar-refractivity contribution is -0.355. The molecule has 48 heavy (non-hydrogen) atoms. The van der Waals surface area contributed by atoms with Crippen LogP contribution in [-0.2, 0) is 38.1 Å². The molecule has 5 fully saturated rings. The number of carbonyl (C=O) groups is 3. The highest BCUT2D eigenvalue weighted by Gasteiger charge is 2.65. The Morgan fingerprint density at radius 1 is 0.938 bits per heavy atom. The van der Waals surface area contributed by atoms with E-state index in [1.54, 1.807) is 13.8 Å². The quantitative estimate of drug-likeness (QED) is 0.191. The van der Waals surface area contributed by atoms with E-state index in [9.17, 15) is 34.8 Å². The fraction of sp³-hybridized carbons (Fsp3) is 0.806. The molecule has 14 atom stereocenters. The third-order valence-corrected chi connectivity index (χ3v) is 11.7. The number of allylic oxidation sites excluding steroid dienone is 1. The standard InChI is InChI=1S/C36H54O12/c1-18(2)12-24-15-27-20(4)29(45-24)17-36(43)32-31(39)19(3)10-11-34(32,41)21(5)26(47-36)9-8-25(37)28-13-23(14-30(38)44-7)16-35(42,48-28)22(6)33(40)46-27/h12,14,19-22,24-29,32,37,41-43H,8-11,13,15-17H2,1-7H3/b23-14+/t19-,20+,21+,22-,24-,25-,26-,27+,28?,29+,32?,34-,35+,36?/m1/s1. The average Bonchev–Trinajstić information content (AvgIpc) is 3.01. The minimum absolute atomic E-state index is 0.0717. The van der Waals surface area contributed by atoms with Crippen LogP contribution in [0.2, 0.25) is 0 Å². The zero-order chi connectivity index (χ0) is 35.3. The fourth-order valence-corrected chi connectivity index (χ4v) is 8.60. The van der Waals surface area contributed by atoms with Crippen molar-refractivity contribution in [2.45, 2.75) is 147 Å². The maximum atomic E-state index is 13.8. The van der Waals surface area contributed by atoms with Crippen LogP contribution in [0.4, 0.5) is 0 Å². The van der Waals surface area contributed by atoms with E-state index in [0.717, 1.165) is 5.57 Å². The molecule has 5 rings (SSSR count). The van der Waals surface area contributed by atoms with Gasteiger partial charge in [0.2, 0.25) is 0 Å². The molecule has 12 nitrogen and oxygen atoms in total. The van der Waals surface area contributed by atoms with Crippen molar-refractivity contribution < 1.29 is 58.5 Å². The van der Waals surface area contributed by atoms with Crippen molar-refractivity contribution in [3.05, 3.63) is 23.3 Å². The van der Waals surface area contributed by atoms with Crippen LogP contribution in [-0.4, -0.2) is 99.1 Å². The van der Waals surface area contributed by atoms with Gasteiger partial charge in [0.05, 0.1) is 43.2 Å². The smallest absolute Gasteiger partial charge is 0.330 e. The number of ketones is 1. The van der Waals surface area contributed by atoms with Crippen LogP contribution in [0.15, 0.2) is 23.3 Å². The van der Waals surface area contributed by atoms with Gasteiger partial charge in [-0.25, -0.2) is 4.79 Å². The fourth-order valence-electron chi connectivity index (χ4n) is 8.60. The second kappa shape index (κ2) is 13.8. The van der Waals surface area contributed by atoms with Crippen LogP contribution in [0.25, 0.3) is 0 Å². The number of aliphatic hydroxyl groups is 4. The maximum absolute atomic E-state index is 13.8. The van der Waals surface area contributed by atoms with E-state index in [0.29, 0.717) is 18.4 Å². The lowest BCUT2D eigenvalue weighted by Crippen LogP contribution is -2.70. The summed E-state index contributed by atoms with van der Waals surface area (Å²) in [7, 11) is 1.23. The number of fused-ring (bicyclic) bond motifs is 8. The lowest BCUT2D eigenvalue weighted by atomic mass is 9.58. The molecule has 0 aromatic carbocycles. The Kier molecular flexibility index (Phi) is 10.7.